The van der Waals surface area contributed by atoms with Crippen LogP contribution in [-0.2, 0) is 9.59 Å². The zero-order chi connectivity index (χ0) is 23.3. The van der Waals surface area contributed by atoms with Gasteiger partial charge in [-0.25, -0.2) is 0 Å². The topological polar surface area (TPSA) is 62.2 Å². The lowest BCUT2D eigenvalue weighted by atomic mass is 9.95. The zero-order valence-electron chi connectivity index (χ0n) is 19.7. The highest BCUT2D eigenvalue weighted by atomic mass is 16.5. The molecule has 0 bridgehead atoms. The van der Waals surface area contributed by atoms with Gasteiger partial charge in [0.05, 0.1) is 7.11 Å². The average Bonchev–Trinajstić information content (AvgIpc) is 3.81. The molecule has 2 aliphatic carbocycles. The second kappa shape index (κ2) is 8.26. The lowest BCUT2D eigenvalue weighted by molar-refractivity contribution is -0.134. The van der Waals surface area contributed by atoms with Crippen molar-refractivity contribution >= 4 is 17.6 Å². The summed E-state index contributed by atoms with van der Waals surface area (Å²) in [7, 11) is 1.69. The monoisotopic (exact) mass is 457 g/mol. The van der Waals surface area contributed by atoms with Gasteiger partial charge in [-0.15, -0.1) is 0 Å². The number of nitrogens with zero attached hydrogens (tertiary/aromatic N) is 3. The summed E-state index contributed by atoms with van der Waals surface area (Å²) in [5, 5.41) is 0. The standard InChI is InChI=1S/C28H31N3O3/c1-34-24-5-3-2-4-23(24)20-6-8-21(9-7-20)25-29-28(14-15-28)27(33)31(25)18-19-12-16-30(17-13-19)26(32)22-10-11-22/h2-9,19,22H,10-18H2,1H3. The summed E-state index contributed by atoms with van der Waals surface area (Å²) in [5.41, 5.74) is 2.59. The maximum atomic E-state index is 13.3. The Kier molecular flexibility index (Phi) is 5.19. The molecule has 1 spiro atoms. The number of benzene rings is 2. The van der Waals surface area contributed by atoms with Crippen molar-refractivity contribution in [1.82, 2.24) is 9.80 Å². The number of para-hydroxylation sites is 1. The number of piperidine rings is 1. The smallest absolute Gasteiger partial charge is 0.256 e. The van der Waals surface area contributed by atoms with Crippen LogP contribution in [0.3, 0.4) is 0 Å². The van der Waals surface area contributed by atoms with E-state index in [2.05, 4.69) is 30.3 Å². The molecule has 3 fully saturated rings. The third-order valence-corrected chi connectivity index (χ3v) is 7.80. The van der Waals surface area contributed by atoms with E-state index in [9.17, 15) is 9.59 Å². The van der Waals surface area contributed by atoms with Crippen LogP contribution < -0.4 is 4.74 Å². The average molecular weight is 458 g/mol. The molecule has 0 radical (unpaired) electrons. The fraction of sp³-hybridized carbons (Fsp3) is 0.464. The summed E-state index contributed by atoms with van der Waals surface area (Å²) in [6.45, 7) is 2.32. The van der Waals surface area contributed by atoms with Gasteiger partial charge in [-0.3, -0.25) is 19.5 Å². The Hall–Kier alpha value is -3.15. The van der Waals surface area contributed by atoms with Gasteiger partial charge in [-0.2, -0.15) is 0 Å². The van der Waals surface area contributed by atoms with E-state index in [1.54, 1.807) is 7.11 Å². The van der Waals surface area contributed by atoms with Crippen LogP contribution >= 0.6 is 0 Å². The van der Waals surface area contributed by atoms with Crippen molar-refractivity contribution in [2.75, 3.05) is 26.7 Å². The van der Waals surface area contributed by atoms with Crippen molar-refractivity contribution in [1.29, 1.82) is 0 Å². The molecule has 2 aliphatic heterocycles. The highest BCUT2D eigenvalue weighted by Gasteiger charge is 2.57. The third kappa shape index (κ3) is 3.79. The van der Waals surface area contributed by atoms with E-state index in [-0.39, 0.29) is 11.8 Å². The van der Waals surface area contributed by atoms with Gasteiger partial charge in [-0.1, -0.05) is 42.5 Å². The van der Waals surface area contributed by atoms with Crippen molar-refractivity contribution in [3.63, 3.8) is 0 Å². The van der Waals surface area contributed by atoms with Crippen LogP contribution in [-0.4, -0.2) is 59.7 Å². The lowest BCUT2D eigenvalue weighted by Gasteiger charge is -2.34. The van der Waals surface area contributed by atoms with Crippen molar-refractivity contribution in [2.45, 2.75) is 44.1 Å². The van der Waals surface area contributed by atoms with Crippen LogP contribution in [0.2, 0.25) is 0 Å². The van der Waals surface area contributed by atoms with E-state index in [1.807, 2.05) is 28.0 Å². The van der Waals surface area contributed by atoms with Crippen LogP contribution in [0.15, 0.2) is 53.5 Å². The van der Waals surface area contributed by atoms with E-state index in [0.717, 1.165) is 79.9 Å². The van der Waals surface area contributed by atoms with Crippen LogP contribution in [0, 0.1) is 11.8 Å². The predicted octanol–water partition coefficient (Wildman–Crippen LogP) is 4.13. The number of methoxy groups -OCH3 is 1. The summed E-state index contributed by atoms with van der Waals surface area (Å²) in [6.07, 6.45) is 5.71. The molecular formula is C28H31N3O3. The number of rotatable bonds is 6. The number of carbonyl (C=O) groups excluding carboxylic acids is 2. The number of likely N-dealkylation sites (tertiary alicyclic amines) is 1. The summed E-state index contributed by atoms with van der Waals surface area (Å²) in [6, 6.07) is 16.3. The quantitative estimate of drug-likeness (QED) is 0.655. The third-order valence-electron chi connectivity index (χ3n) is 7.80. The molecule has 2 amide bonds. The summed E-state index contributed by atoms with van der Waals surface area (Å²) in [5.74, 6) is 2.83. The van der Waals surface area contributed by atoms with Crippen molar-refractivity contribution < 1.29 is 14.3 Å². The van der Waals surface area contributed by atoms with Crippen LogP contribution in [0.4, 0.5) is 0 Å². The number of hydrogen-bond acceptors (Lipinski definition) is 4. The summed E-state index contributed by atoms with van der Waals surface area (Å²) >= 11 is 0. The molecule has 6 rings (SSSR count). The molecule has 0 unspecified atom stereocenters. The first kappa shape index (κ1) is 21.4. The first-order valence-electron chi connectivity index (χ1n) is 12.5. The van der Waals surface area contributed by atoms with Gasteiger partial charge in [-0.05, 0) is 56.1 Å². The molecule has 34 heavy (non-hydrogen) atoms. The van der Waals surface area contributed by atoms with Gasteiger partial charge in [0, 0.05) is 36.7 Å². The maximum Gasteiger partial charge on any atom is 0.256 e. The molecule has 2 aromatic rings. The van der Waals surface area contributed by atoms with E-state index >= 15 is 0 Å². The molecular weight excluding hydrogens is 426 g/mol. The zero-order valence-corrected chi connectivity index (χ0v) is 19.7. The van der Waals surface area contributed by atoms with Gasteiger partial charge in [0.25, 0.3) is 5.91 Å². The fourth-order valence-electron chi connectivity index (χ4n) is 5.36. The second-order valence-corrected chi connectivity index (χ2v) is 10.2. The molecule has 2 heterocycles. The molecule has 176 valence electrons. The van der Waals surface area contributed by atoms with Crippen LogP contribution in [0.25, 0.3) is 11.1 Å². The first-order valence-corrected chi connectivity index (χ1v) is 12.5. The van der Waals surface area contributed by atoms with Gasteiger partial charge in [0.15, 0.2) is 0 Å². The number of amides is 2. The lowest BCUT2D eigenvalue weighted by Crippen LogP contribution is -2.45. The van der Waals surface area contributed by atoms with E-state index < -0.39 is 5.54 Å². The minimum atomic E-state index is -0.515. The predicted molar refractivity (Wildman–Crippen MR) is 131 cm³/mol. The Labute approximate surface area is 200 Å². The highest BCUT2D eigenvalue weighted by Crippen LogP contribution is 2.46. The number of aliphatic imine (C=N–C) groups is 1. The Balaban J connectivity index is 1.19. The minimum Gasteiger partial charge on any atom is -0.496 e. The Morgan fingerprint density at radius 2 is 1.68 bits per heavy atom. The molecule has 6 nitrogen and oxygen atoms in total. The Morgan fingerprint density at radius 1 is 1.00 bits per heavy atom. The highest BCUT2D eigenvalue weighted by molar-refractivity contribution is 6.16. The van der Waals surface area contributed by atoms with Crippen LogP contribution in [0.5, 0.6) is 5.75 Å². The first-order chi connectivity index (χ1) is 16.6. The Bertz CT molecular complexity index is 1140. The summed E-state index contributed by atoms with van der Waals surface area (Å²) in [4.78, 5) is 34.6. The maximum absolute atomic E-state index is 13.3. The van der Waals surface area contributed by atoms with Gasteiger partial charge in [0.2, 0.25) is 5.91 Å². The van der Waals surface area contributed by atoms with E-state index in [4.69, 9.17) is 9.73 Å². The fourth-order valence-corrected chi connectivity index (χ4v) is 5.36. The van der Waals surface area contributed by atoms with E-state index in [0.29, 0.717) is 18.4 Å². The molecule has 2 aromatic carbocycles. The normalized spacial score (nSPS) is 21.7. The SMILES string of the molecule is COc1ccccc1-c1ccc(C2=NC3(CC3)C(=O)N2CC2CCN(C(=O)C3CC3)CC2)cc1. The number of amidine groups is 1. The molecule has 0 aromatic heterocycles. The number of ether oxygens (including phenoxy) is 1. The molecule has 4 aliphatic rings. The largest absolute Gasteiger partial charge is 0.496 e. The number of hydrogen-bond donors (Lipinski definition) is 0. The minimum absolute atomic E-state index is 0.160. The molecule has 6 heteroatoms. The Morgan fingerprint density at radius 3 is 2.32 bits per heavy atom. The van der Waals surface area contributed by atoms with E-state index in [1.165, 1.54) is 0 Å². The molecule has 2 saturated carbocycles. The van der Waals surface area contributed by atoms with Gasteiger partial charge in [0.1, 0.15) is 17.1 Å². The second-order valence-electron chi connectivity index (χ2n) is 10.2. The van der Waals surface area contributed by atoms with Gasteiger partial charge >= 0.3 is 0 Å². The van der Waals surface area contributed by atoms with Crippen LogP contribution in [0.1, 0.15) is 44.1 Å². The van der Waals surface area contributed by atoms with Crippen molar-refractivity contribution in [3.8, 4) is 16.9 Å². The summed E-state index contributed by atoms with van der Waals surface area (Å²) < 4.78 is 5.52. The van der Waals surface area contributed by atoms with Crippen molar-refractivity contribution in [3.05, 3.63) is 54.1 Å². The number of carbonyl (C=O) groups is 2. The molecule has 0 N–H and O–H groups in total. The molecule has 0 atom stereocenters. The molecule has 1 saturated heterocycles. The van der Waals surface area contributed by atoms with Gasteiger partial charge < -0.3 is 9.64 Å². The van der Waals surface area contributed by atoms with Crippen molar-refractivity contribution in [2.24, 2.45) is 16.8 Å².